The van der Waals surface area contributed by atoms with Gasteiger partial charge in [0.05, 0.1) is 5.56 Å². The fraction of sp³-hybridized carbons (Fsp3) is 0.316. The van der Waals surface area contributed by atoms with Gasteiger partial charge in [0.1, 0.15) is 10.7 Å². The van der Waals surface area contributed by atoms with E-state index in [2.05, 4.69) is 15.1 Å². The SMILES string of the molecule is O=S(=O)(c1cccnc1)N1CCC[C@@H](Cc2nc(-c3ccccc3F)no2)C1. The summed E-state index contributed by atoms with van der Waals surface area (Å²) < 4.78 is 46.3. The molecule has 1 saturated heterocycles. The maximum absolute atomic E-state index is 13.9. The third-order valence-corrected chi connectivity index (χ3v) is 6.65. The molecule has 9 heteroatoms. The second-order valence-electron chi connectivity index (χ2n) is 6.76. The molecule has 1 atom stereocenters. The minimum absolute atomic E-state index is 0.0501. The Morgan fingerprint density at radius 1 is 1.21 bits per heavy atom. The molecule has 4 rings (SSSR count). The summed E-state index contributed by atoms with van der Waals surface area (Å²) in [4.78, 5) is 8.38. The lowest BCUT2D eigenvalue weighted by Crippen LogP contribution is -2.40. The second kappa shape index (κ2) is 7.76. The molecule has 0 radical (unpaired) electrons. The van der Waals surface area contributed by atoms with Gasteiger partial charge in [-0.2, -0.15) is 9.29 Å². The molecular formula is C19H19FN4O3S. The molecule has 0 amide bonds. The van der Waals surface area contributed by atoms with E-state index in [9.17, 15) is 12.8 Å². The maximum atomic E-state index is 13.9. The number of piperidine rings is 1. The number of sulfonamides is 1. The van der Waals surface area contributed by atoms with Crippen LogP contribution < -0.4 is 0 Å². The molecule has 28 heavy (non-hydrogen) atoms. The summed E-state index contributed by atoms with van der Waals surface area (Å²) in [7, 11) is -3.58. The van der Waals surface area contributed by atoms with Gasteiger partial charge in [-0.15, -0.1) is 0 Å². The predicted octanol–water partition coefficient (Wildman–Crippen LogP) is 2.91. The quantitative estimate of drug-likeness (QED) is 0.652. The molecule has 146 valence electrons. The van der Waals surface area contributed by atoms with E-state index in [0.29, 0.717) is 25.4 Å². The van der Waals surface area contributed by atoms with Crippen LogP contribution in [0.2, 0.25) is 0 Å². The monoisotopic (exact) mass is 402 g/mol. The molecule has 0 saturated carbocycles. The van der Waals surface area contributed by atoms with Gasteiger partial charge in [0.25, 0.3) is 0 Å². The van der Waals surface area contributed by atoms with Crippen LogP contribution in [0.15, 0.2) is 58.2 Å². The number of halogens is 1. The molecule has 3 heterocycles. The highest BCUT2D eigenvalue weighted by Crippen LogP contribution is 2.26. The van der Waals surface area contributed by atoms with Crippen molar-refractivity contribution in [1.29, 1.82) is 0 Å². The van der Waals surface area contributed by atoms with Crippen LogP contribution in [-0.2, 0) is 16.4 Å². The van der Waals surface area contributed by atoms with Gasteiger partial charge in [0, 0.05) is 31.9 Å². The zero-order valence-electron chi connectivity index (χ0n) is 15.0. The lowest BCUT2D eigenvalue weighted by molar-refractivity contribution is 0.247. The first kappa shape index (κ1) is 18.7. The Kier molecular flexibility index (Phi) is 5.19. The summed E-state index contributed by atoms with van der Waals surface area (Å²) in [6.07, 6.45) is 4.95. The Morgan fingerprint density at radius 3 is 2.86 bits per heavy atom. The molecule has 0 bridgehead atoms. The highest BCUT2D eigenvalue weighted by Gasteiger charge is 2.31. The van der Waals surface area contributed by atoms with Crippen LogP contribution in [0.3, 0.4) is 0 Å². The molecule has 1 fully saturated rings. The highest BCUT2D eigenvalue weighted by molar-refractivity contribution is 7.89. The van der Waals surface area contributed by atoms with Gasteiger partial charge in [-0.25, -0.2) is 12.8 Å². The summed E-state index contributed by atoms with van der Waals surface area (Å²) >= 11 is 0. The van der Waals surface area contributed by atoms with Crippen LogP contribution in [0.4, 0.5) is 4.39 Å². The van der Waals surface area contributed by atoms with Crippen LogP contribution in [0.5, 0.6) is 0 Å². The number of hydrogen-bond acceptors (Lipinski definition) is 6. The first-order valence-corrected chi connectivity index (χ1v) is 10.5. The van der Waals surface area contributed by atoms with E-state index in [1.165, 1.54) is 16.6 Å². The van der Waals surface area contributed by atoms with E-state index in [1.54, 1.807) is 36.5 Å². The van der Waals surface area contributed by atoms with Crippen LogP contribution in [-0.4, -0.2) is 40.9 Å². The summed E-state index contributed by atoms with van der Waals surface area (Å²) in [5.74, 6) is 0.211. The number of benzene rings is 1. The molecule has 7 nitrogen and oxygen atoms in total. The van der Waals surface area contributed by atoms with Crippen LogP contribution >= 0.6 is 0 Å². The first-order chi connectivity index (χ1) is 13.5. The molecule has 0 N–H and O–H groups in total. The molecule has 0 aliphatic carbocycles. The summed E-state index contributed by atoms with van der Waals surface area (Å²) in [5, 5.41) is 3.86. The third kappa shape index (κ3) is 3.81. The van der Waals surface area contributed by atoms with E-state index in [4.69, 9.17) is 4.52 Å². The van der Waals surface area contributed by atoms with Gasteiger partial charge in [0.2, 0.25) is 21.7 Å². The third-order valence-electron chi connectivity index (χ3n) is 4.80. The molecule has 2 aromatic heterocycles. The van der Waals surface area contributed by atoms with Crippen molar-refractivity contribution in [2.24, 2.45) is 5.92 Å². The largest absolute Gasteiger partial charge is 0.339 e. The normalized spacial score (nSPS) is 18.2. The van der Waals surface area contributed by atoms with E-state index < -0.39 is 15.8 Å². The van der Waals surface area contributed by atoms with E-state index in [-0.39, 0.29) is 22.2 Å². The average molecular weight is 402 g/mol. The predicted molar refractivity (Wildman–Crippen MR) is 99.1 cm³/mol. The van der Waals surface area contributed by atoms with Gasteiger partial charge in [-0.1, -0.05) is 17.3 Å². The van der Waals surface area contributed by atoms with Gasteiger partial charge < -0.3 is 4.52 Å². The molecule has 3 aromatic rings. The summed E-state index contributed by atoms with van der Waals surface area (Å²) in [6.45, 7) is 0.840. The molecular weight excluding hydrogens is 383 g/mol. The molecule has 1 aliphatic rings. The number of hydrogen-bond donors (Lipinski definition) is 0. The average Bonchev–Trinajstić information content (AvgIpc) is 3.17. The van der Waals surface area contributed by atoms with Crippen LogP contribution in [0.25, 0.3) is 11.4 Å². The Bertz CT molecular complexity index is 1060. The Morgan fingerprint density at radius 2 is 2.07 bits per heavy atom. The van der Waals surface area contributed by atoms with Gasteiger partial charge in [-0.3, -0.25) is 4.98 Å². The van der Waals surface area contributed by atoms with Crippen molar-refractivity contribution in [3.8, 4) is 11.4 Å². The van der Waals surface area contributed by atoms with Gasteiger partial charge in [0.15, 0.2) is 0 Å². The van der Waals surface area contributed by atoms with E-state index >= 15 is 0 Å². The highest BCUT2D eigenvalue weighted by atomic mass is 32.2. The number of nitrogens with zero attached hydrogens (tertiary/aromatic N) is 4. The van der Waals surface area contributed by atoms with Gasteiger partial charge in [-0.05, 0) is 43.0 Å². The topological polar surface area (TPSA) is 89.2 Å². The van der Waals surface area contributed by atoms with Gasteiger partial charge >= 0.3 is 0 Å². The molecule has 1 aliphatic heterocycles. The lowest BCUT2D eigenvalue weighted by atomic mass is 9.96. The van der Waals surface area contributed by atoms with Crippen molar-refractivity contribution in [1.82, 2.24) is 19.4 Å². The van der Waals surface area contributed by atoms with Crippen molar-refractivity contribution in [3.05, 3.63) is 60.5 Å². The maximum Gasteiger partial charge on any atom is 0.244 e. The second-order valence-corrected chi connectivity index (χ2v) is 8.69. The standard InChI is InChI=1S/C19H19FN4O3S/c20-17-8-2-1-7-16(17)19-22-18(27-23-19)11-14-5-4-10-24(13-14)28(25,26)15-6-3-9-21-12-15/h1-3,6-9,12,14H,4-5,10-11,13H2/t14-/m0/s1. The van der Waals surface area contributed by atoms with Crippen molar-refractivity contribution >= 4 is 10.0 Å². The molecule has 0 unspecified atom stereocenters. The summed E-state index contributed by atoms with van der Waals surface area (Å²) in [5.41, 5.74) is 0.280. The Balaban J connectivity index is 1.47. The van der Waals surface area contributed by atoms with E-state index in [0.717, 1.165) is 12.8 Å². The zero-order valence-corrected chi connectivity index (χ0v) is 15.8. The Labute approximate surface area is 162 Å². The van der Waals surface area contributed by atoms with E-state index in [1.807, 2.05) is 0 Å². The molecule has 1 aromatic carbocycles. The van der Waals surface area contributed by atoms with Crippen molar-refractivity contribution in [3.63, 3.8) is 0 Å². The minimum Gasteiger partial charge on any atom is -0.339 e. The van der Waals surface area contributed by atoms with Crippen molar-refractivity contribution in [2.75, 3.05) is 13.1 Å². The number of pyridine rings is 1. The lowest BCUT2D eigenvalue weighted by Gasteiger charge is -2.31. The smallest absolute Gasteiger partial charge is 0.244 e. The van der Waals surface area contributed by atoms with Crippen LogP contribution in [0, 0.1) is 11.7 Å². The van der Waals surface area contributed by atoms with Crippen LogP contribution in [0.1, 0.15) is 18.7 Å². The van der Waals surface area contributed by atoms with Crippen molar-refractivity contribution in [2.45, 2.75) is 24.2 Å². The first-order valence-electron chi connectivity index (χ1n) is 9.02. The number of aromatic nitrogens is 3. The number of rotatable bonds is 5. The Hall–Kier alpha value is -2.65. The van der Waals surface area contributed by atoms with Crippen molar-refractivity contribution < 1.29 is 17.3 Å². The summed E-state index contributed by atoms with van der Waals surface area (Å²) in [6, 6.07) is 9.39. The fourth-order valence-corrected chi connectivity index (χ4v) is 4.92. The minimum atomic E-state index is -3.58. The fourth-order valence-electron chi connectivity index (χ4n) is 3.40. The molecule has 0 spiro atoms. The zero-order chi connectivity index (χ0) is 19.6.